The molecule has 2 fully saturated rings. The fourth-order valence-corrected chi connectivity index (χ4v) is 3.92. The van der Waals surface area contributed by atoms with Crippen molar-refractivity contribution in [1.29, 1.82) is 0 Å². The van der Waals surface area contributed by atoms with Gasteiger partial charge in [-0.1, -0.05) is 0 Å². The first-order valence-electron chi connectivity index (χ1n) is 9.81. The van der Waals surface area contributed by atoms with Crippen LogP contribution in [0, 0.1) is 0 Å². The van der Waals surface area contributed by atoms with E-state index in [-0.39, 0.29) is 47.5 Å². The van der Waals surface area contributed by atoms with Gasteiger partial charge >= 0.3 is 0 Å². The van der Waals surface area contributed by atoms with E-state index in [1.165, 1.54) is 25.9 Å². The van der Waals surface area contributed by atoms with Crippen LogP contribution in [-0.4, -0.2) is 86.2 Å². The van der Waals surface area contributed by atoms with Gasteiger partial charge in [-0.15, -0.1) is 24.0 Å². The Morgan fingerprint density at radius 3 is 2.33 bits per heavy atom. The van der Waals surface area contributed by atoms with Crippen LogP contribution >= 0.6 is 24.0 Å². The number of ether oxygens (including phenoxy) is 1. The molecule has 7 nitrogen and oxygen atoms in total. The lowest BCUT2D eigenvalue weighted by atomic mass is 9.88. The number of nitrogens with zero attached hydrogens (tertiary/aromatic N) is 3. The Bertz CT molecular complexity index is 495. The zero-order valence-electron chi connectivity index (χ0n) is 17.6. The summed E-state index contributed by atoms with van der Waals surface area (Å²) in [6.07, 6.45) is 4.66. The van der Waals surface area contributed by atoms with Crippen molar-refractivity contribution >= 4 is 35.8 Å². The van der Waals surface area contributed by atoms with Crippen molar-refractivity contribution in [2.45, 2.75) is 57.5 Å². The summed E-state index contributed by atoms with van der Waals surface area (Å²) in [5.74, 6) is 0.766. The predicted molar refractivity (Wildman–Crippen MR) is 121 cm³/mol. The largest absolute Gasteiger partial charge is 0.381 e. The first kappa shape index (κ1) is 24.4. The lowest BCUT2D eigenvalue weighted by Crippen LogP contribution is -2.59. The van der Waals surface area contributed by atoms with Gasteiger partial charge in [0.1, 0.15) is 0 Å². The molecule has 0 unspecified atom stereocenters. The second-order valence-corrected chi connectivity index (χ2v) is 8.59. The van der Waals surface area contributed by atoms with Crippen molar-refractivity contribution in [1.82, 2.24) is 20.4 Å². The smallest absolute Gasteiger partial charge is 0.240 e. The summed E-state index contributed by atoms with van der Waals surface area (Å²) >= 11 is 0. The maximum Gasteiger partial charge on any atom is 0.240 e. The van der Waals surface area contributed by atoms with Gasteiger partial charge in [-0.05, 0) is 59.5 Å². The number of carbonyl (C=O) groups is 1. The van der Waals surface area contributed by atoms with Gasteiger partial charge in [0, 0.05) is 44.9 Å². The fourth-order valence-electron chi connectivity index (χ4n) is 3.92. The summed E-state index contributed by atoms with van der Waals surface area (Å²) in [6.45, 7) is 11.1. The van der Waals surface area contributed by atoms with Crippen molar-refractivity contribution in [3.8, 4) is 0 Å². The summed E-state index contributed by atoms with van der Waals surface area (Å²) in [6, 6.07) is 0. The average molecular weight is 495 g/mol. The van der Waals surface area contributed by atoms with Crippen molar-refractivity contribution < 1.29 is 9.53 Å². The molecule has 2 aliphatic heterocycles. The first-order valence-corrected chi connectivity index (χ1v) is 9.81. The van der Waals surface area contributed by atoms with E-state index in [2.05, 4.69) is 20.5 Å². The Morgan fingerprint density at radius 1 is 1.22 bits per heavy atom. The topological polar surface area (TPSA) is 69.2 Å². The summed E-state index contributed by atoms with van der Waals surface area (Å²) in [5, 5.41) is 6.52. The Balaban J connectivity index is 0.00000364. The monoisotopic (exact) mass is 495 g/mol. The van der Waals surface area contributed by atoms with Crippen LogP contribution in [-0.2, 0) is 9.53 Å². The predicted octanol–water partition coefficient (Wildman–Crippen LogP) is 1.67. The van der Waals surface area contributed by atoms with Gasteiger partial charge in [-0.3, -0.25) is 14.7 Å². The van der Waals surface area contributed by atoms with Gasteiger partial charge in [-0.2, -0.15) is 0 Å². The molecule has 0 aromatic rings. The maximum absolute atomic E-state index is 12.2. The molecule has 0 atom stereocenters. The Hall–Kier alpha value is -0.610. The number of hydrogen-bond acceptors (Lipinski definition) is 4. The molecule has 2 heterocycles. The third-order valence-corrected chi connectivity index (χ3v) is 5.24. The van der Waals surface area contributed by atoms with Crippen LogP contribution in [0.4, 0.5) is 0 Å². The molecule has 0 saturated carbocycles. The van der Waals surface area contributed by atoms with Crippen LogP contribution in [0.3, 0.4) is 0 Å². The molecule has 2 rings (SSSR count). The molecule has 0 aliphatic carbocycles. The third-order valence-electron chi connectivity index (χ3n) is 5.24. The van der Waals surface area contributed by atoms with Crippen LogP contribution in [0.5, 0.6) is 0 Å². The van der Waals surface area contributed by atoms with Crippen molar-refractivity contribution in [3.05, 3.63) is 0 Å². The fraction of sp³-hybridized carbons (Fsp3) is 0.895. The quantitative estimate of drug-likeness (QED) is 0.345. The number of rotatable bonds is 5. The molecule has 0 aromatic carbocycles. The molecule has 0 spiro atoms. The lowest BCUT2D eigenvalue weighted by molar-refractivity contribution is -0.122. The minimum Gasteiger partial charge on any atom is -0.381 e. The van der Waals surface area contributed by atoms with Gasteiger partial charge in [-0.25, -0.2) is 0 Å². The SMILES string of the molecule is CN=C(NCC1(N2CCCC2)CCOCC1)N(C)CC(=O)NC(C)(C)C.I. The third kappa shape index (κ3) is 7.38. The maximum atomic E-state index is 12.2. The molecular weight excluding hydrogens is 457 g/mol. The van der Waals surface area contributed by atoms with Crippen molar-refractivity contribution in [3.63, 3.8) is 0 Å². The zero-order chi connectivity index (χ0) is 19.2. The second kappa shape index (κ2) is 10.8. The van der Waals surface area contributed by atoms with Gasteiger partial charge in [0.15, 0.2) is 5.96 Å². The van der Waals surface area contributed by atoms with E-state index in [9.17, 15) is 4.79 Å². The first-order chi connectivity index (χ1) is 12.3. The van der Waals surface area contributed by atoms with Crippen molar-refractivity contribution in [2.24, 2.45) is 4.99 Å². The average Bonchev–Trinajstić information content (AvgIpc) is 3.09. The lowest BCUT2D eigenvalue weighted by Gasteiger charge is -2.45. The normalized spacial score (nSPS) is 20.7. The van der Waals surface area contributed by atoms with E-state index >= 15 is 0 Å². The van der Waals surface area contributed by atoms with E-state index in [1.54, 1.807) is 7.05 Å². The molecule has 1 amide bonds. The van der Waals surface area contributed by atoms with Crippen LogP contribution in [0.1, 0.15) is 46.5 Å². The van der Waals surface area contributed by atoms with Crippen LogP contribution in [0.2, 0.25) is 0 Å². The molecule has 2 aliphatic rings. The molecule has 27 heavy (non-hydrogen) atoms. The number of halogens is 1. The Kier molecular flexibility index (Phi) is 9.77. The number of likely N-dealkylation sites (tertiary alicyclic amines) is 1. The van der Waals surface area contributed by atoms with E-state index in [0.717, 1.165) is 38.6 Å². The van der Waals surface area contributed by atoms with E-state index < -0.39 is 0 Å². The number of guanidine groups is 1. The highest BCUT2D eigenvalue weighted by Crippen LogP contribution is 2.30. The zero-order valence-corrected chi connectivity index (χ0v) is 20.0. The standard InChI is InChI=1S/C19H37N5O2.HI/c1-18(2,3)22-16(25)14-23(5)17(20-4)21-15-19(8-12-26-13-9-19)24-10-6-7-11-24;/h6-15H2,1-5H3,(H,20,21)(H,22,25);1H. The molecular formula is C19H38IN5O2. The van der Waals surface area contributed by atoms with Gasteiger partial charge in [0.2, 0.25) is 5.91 Å². The van der Waals surface area contributed by atoms with E-state index in [1.807, 2.05) is 32.7 Å². The highest BCUT2D eigenvalue weighted by atomic mass is 127. The number of aliphatic imine (C=N–C) groups is 1. The summed E-state index contributed by atoms with van der Waals surface area (Å²) in [4.78, 5) is 21.1. The molecule has 2 N–H and O–H groups in total. The molecule has 0 aromatic heterocycles. The highest BCUT2D eigenvalue weighted by molar-refractivity contribution is 14.0. The van der Waals surface area contributed by atoms with Gasteiger partial charge < -0.3 is 20.3 Å². The number of carbonyl (C=O) groups excluding carboxylic acids is 1. The van der Waals surface area contributed by atoms with E-state index in [4.69, 9.17) is 4.74 Å². The van der Waals surface area contributed by atoms with Crippen LogP contribution in [0.25, 0.3) is 0 Å². The van der Waals surface area contributed by atoms with Gasteiger partial charge in [0.05, 0.1) is 6.54 Å². The Labute approximate surface area is 181 Å². The second-order valence-electron chi connectivity index (χ2n) is 8.59. The number of nitrogens with one attached hydrogen (secondary N) is 2. The van der Waals surface area contributed by atoms with E-state index in [0.29, 0.717) is 0 Å². The summed E-state index contributed by atoms with van der Waals surface area (Å²) in [5.41, 5.74) is -0.0873. The van der Waals surface area contributed by atoms with Gasteiger partial charge in [0.25, 0.3) is 0 Å². The molecule has 0 radical (unpaired) electrons. The minimum atomic E-state index is -0.225. The minimum absolute atomic E-state index is 0. The number of amides is 1. The number of likely N-dealkylation sites (N-methyl/N-ethyl adjacent to an activating group) is 1. The molecule has 158 valence electrons. The van der Waals surface area contributed by atoms with Crippen LogP contribution in [0.15, 0.2) is 4.99 Å². The number of hydrogen-bond donors (Lipinski definition) is 2. The van der Waals surface area contributed by atoms with Crippen molar-refractivity contribution in [2.75, 3.05) is 53.5 Å². The molecule has 8 heteroatoms. The summed E-state index contributed by atoms with van der Waals surface area (Å²) < 4.78 is 5.62. The molecule has 2 saturated heterocycles. The highest BCUT2D eigenvalue weighted by Gasteiger charge is 2.39. The Morgan fingerprint density at radius 2 is 1.81 bits per heavy atom. The molecule has 0 bridgehead atoms. The van der Waals surface area contributed by atoms with Crippen LogP contribution < -0.4 is 10.6 Å². The summed E-state index contributed by atoms with van der Waals surface area (Å²) in [7, 11) is 3.68.